The van der Waals surface area contributed by atoms with Crippen LogP contribution in [0.25, 0.3) is 16.4 Å². The Hall–Kier alpha value is -2.69. The smallest absolute Gasteiger partial charge is 0.258 e. The van der Waals surface area contributed by atoms with Gasteiger partial charge in [0.1, 0.15) is 5.65 Å². The minimum atomic E-state index is -0.0941. The molecule has 0 aliphatic carbocycles. The second-order valence-electron chi connectivity index (χ2n) is 7.36. The number of pyridine rings is 1. The number of likely N-dealkylation sites (tertiary alicyclic amines) is 1. The molecule has 1 fully saturated rings. The third-order valence-corrected chi connectivity index (χ3v) is 5.81. The van der Waals surface area contributed by atoms with Gasteiger partial charge in [0.2, 0.25) is 0 Å². The summed E-state index contributed by atoms with van der Waals surface area (Å²) in [6.07, 6.45) is 3.89. The highest BCUT2D eigenvalue weighted by Crippen LogP contribution is 2.36. The van der Waals surface area contributed by atoms with E-state index >= 15 is 0 Å². The van der Waals surface area contributed by atoms with E-state index in [2.05, 4.69) is 47.4 Å². The fourth-order valence-electron chi connectivity index (χ4n) is 4.32. The Labute approximate surface area is 168 Å². The first-order chi connectivity index (χ1) is 13.7. The van der Waals surface area contributed by atoms with E-state index in [4.69, 9.17) is 16.6 Å². The molecule has 1 aliphatic rings. The van der Waals surface area contributed by atoms with Crippen LogP contribution in [0.2, 0.25) is 5.02 Å². The van der Waals surface area contributed by atoms with Crippen molar-refractivity contribution in [3.63, 3.8) is 0 Å². The second kappa shape index (κ2) is 7.04. The Morgan fingerprint density at radius 2 is 1.93 bits per heavy atom. The van der Waals surface area contributed by atoms with Crippen LogP contribution in [0.1, 0.15) is 30.1 Å². The summed E-state index contributed by atoms with van der Waals surface area (Å²) in [7, 11) is 0. The monoisotopic (exact) mass is 389 g/mol. The van der Waals surface area contributed by atoms with Gasteiger partial charge in [0, 0.05) is 24.8 Å². The number of hydrogen-bond donors (Lipinski definition) is 0. The molecule has 1 aliphatic heterocycles. The zero-order valence-corrected chi connectivity index (χ0v) is 16.1. The maximum absolute atomic E-state index is 12.5. The van der Waals surface area contributed by atoms with Crippen molar-refractivity contribution in [1.29, 1.82) is 0 Å². The van der Waals surface area contributed by atoms with E-state index < -0.39 is 0 Å². The van der Waals surface area contributed by atoms with E-state index in [1.165, 1.54) is 20.7 Å². The quantitative estimate of drug-likeness (QED) is 0.503. The lowest BCUT2D eigenvalue weighted by molar-refractivity contribution is 0.247. The summed E-state index contributed by atoms with van der Waals surface area (Å²) < 4.78 is 1.50. The number of aromatic nitrogens is 2. The fourth-order valence-corrected chi connectivity index (χ4v) is 4.48. The molecule has 2 aromatic heterocycles. The molecule has 0 radical (unpaired) electrons. The standard InChI is InChI=1S/C23H20ClN3O/c24-17-10-11-22-25-18(13-23(28)27(22)14-17)15-26-12-4-9-21(26)20-8-3-6-16-5-1-2-7-19(16)20/h1-3,5-8,10-11,13-14,21H,4,9,12,15H2. The lowest BCUT2D eigenvalue weighted by Crippen LogP contribution is -2.25. The molecule has 1 atom stereocenters. The molecule has 5 heteroatoms. The summed E-state index contributed by atoms with van der Waals surface area (Å²) in [5.41, 5.74) is 2.70. The number of halogens is 1. The van der Waals surface area contributed by atoms with Crippen LogP contribution >= 0.6 is 11.6 Å². The third-order valence-electron chi connectivity index (χ3n) is 5.59. The molecule has 1 saturated heterocycles. The summed E-state index contributed by atoms with van der Waals surface area (Å²) in [5.74, 6) is 0. The molecule has 28 heavy (non-hydrogen) atoms. The maximum Gasteiger partial charge on any atom is 0.258 e. The lowest BCUT2D eigenvalue weighted by Gasteiger charge is -2.25. The first-order valence-corrected chi connectivity index (χ1v) is 9.96. The van der Waals surface area contributed by atoms with Crippen LogP contribution in [0.4, 0.5) is 0 Å². The minimum absolute atomic E-state index is 0.0941. The van der Waals surface area contributed by atoms with Crippen LogP contribution in [-0.2, 0) is 6.54 Å². The molecule has 4 nitrogen and oxygen atoms in total. The molecule has 1 unspecified atom stereocenters. The molecule has 3 heterocycles. The zero-order valence-electron chi connectivity index (χ0n) is 15.4. The van der Waals surface area contributed by atoms with Gasteiger partial charge in [0.05, 0.1) is 10.7 Å². The normalized spacial score (nSPS) is 17.5. The van der Waals surface area contributed by atoms with Crippen molar-refractivity contribution in [3.8, 4) is 0 Å². The summed E-state index contributed by atoms with van der Waals surface area (Å²) in [4.78, 5) is 19.6. The molecule has 5 rings (SSSR count). The number of rotatable bonds is 3. The van der Waals surface area contributed by atoms with Crippen LogP contribution in [0.5, 0.6) is 0 Å². The first-order valence-electron chi connectivity index (χ1n) is 9.58. The van der Waals surface area contributed by atoms with Gasteiger partial charge in [-0.15, -0.1) is 0 Å². The summed E-state index contributed by atoms with van der Waals surface area (Å²) in [5, 5.41) is 3.11. The van der Waals surface area contributed by atoms with Gasteiger partial charge in [-0.05, 0) is 47.9 Å². The lowest BCUT2D eigenvalue weighted by atomic mass is 9.97. The van der Waals surface area contributed by atoms with Crippen molar-refractivity contribution >= 4 is 28.0 Å². The summed E-state index contributed by atoms with van der Waals surface area (Å²) >= 11 is 6.01. The van der Waals surface area contributed by atoms with E-state index in [0.717, 1.165) is 25.1 Å². The summed E-state index contributed by atoms with van der Waals surface area (Å²) in [6.45, 7) is 1.68. The highest BCUT2D eigenvalue weighted by molar-refractivity contribution is 6.30. The van der Waals surface area contributed by atoms with Crippen LogP contribution < -0.4 is 5.56 Å². The molecule has 0 amide bonds. The van der Waals surface area contributed by atoms with Crippen molar-refractivity contribution in [2.45, 2.75) is 25.4 Å². The summed E-state index contributed by atoms with van der Waals surface area (Å²) in [6, 6.07) is 20.6. The SMILES string of the molecule is O=c1cc(CN2CCCC2c2cccc3ccccc23)nc2ccc(Cl)cn12. The predicted molar refractivity (Wildman–Crippen MR) is 113 cm³/mol. The Morgan fingerprint density at radius 3 is 2.86 bits per heavy atom. The Kier molecular flexibility index (Phi) is 4.38. The van der Waals surface area contributed by atoms with Crippen molar-refractivity contribution in [1.82, 2.24) is 14.3 Å². The molecule has 0 saturated carbocycles. The van der Waals surface area contributed by atoms with Gasteiger partial charge in [0.25, 0.3) is 5.56 Å². The fraction of sp³-hybridized carbons (Fsp3) is 0.217. The van der Waals surface area contributed by atoms with Crippen LogP contribution in [0.3, 0.4) is 0 Å². The average Bonchev–Trinajstić information content (AvgIpc) is 3.16. The van der Waals surface area contributed by atoms with Crippen molar-refractivity contribution in [2.24, 2.45) is 0 Å². The van der Waals surface area contributed by atoms with Gasteiger partial charge >= 0.3 is 0 Å². The van der Waals surface area contributed by atoms with Gasteiger partial charge in [0.15, 0.2) is 0 Å². The van der Waals surface area contributed by atoms with Crippen LogP contribution in [0.15, 0.2) is 71.7 Å². The average molecular weight is 390 g/mol. The molecular formula is C23H20ClN3O. The van der Waals surface area contributed by atoms with Gasteiger partial charge in [-0.2, -0.15) is 0 Å². The van der Waals surface area contributed by atoms with E-state index in [1.807, 2.05) is 0 Å². The number of fused-ring (bicyclic) bond motifs is 2. The largest absolute Gasteiger partial charge is 0.290 e. The highest BCUT2D eigenvalue weighted by atomic mass is 35.5. The van der Waals surface area contributed by atoms with Crippen LogP contribution in [0, 0.1) is 0 Å². The van der Waals surface area contributed by atoms with Crippen molar-refractivity contribution in [2.75, 3.05) is 6.54 Å². The van der Waals surface area contributed by atoms with Crippen molar-refractivity contribution in [3.05, 3.63) is 93.5 Å². The second-order valence-corrected chi connectivity index (χ2v) is 7.79. The van der Waals surface area contributed by atoms with Crippen LogP contribution in [-0.4, -0.2) is 20.8 Å². The molecule has 140 valence electrons. The molecule has 0 spiro atoms. The van der Waals surface area contributed by atoms with E-state index in [1.54, 1.807) is 24.4 Å². The predicted octanol–water partition coefficient (Wildman–Crippen LogP) is 4.84. The molecule has 0 bridgehead atoms. The number of benzene rings is 2. The van der Waals surface area contributed by atoms with Crippen molar-refractivity contribution < 1.29 is 0 Å². The van der Waals surface area contributed by atoms with E-state index in [-0.39, 0.29) is 5.56 Å². The number of nitrogens with zero attached hydrogens (tertiary/aromatic N) is 3. The number of hydrogen-bond acceptors (Lipinski definition) is 3. The molecule has 2 aromatic carbocycles. The highest BCUT2D eigenvalue weighted by Gasteiger charge is 2.27. The maximum atomic E-state index is 12.5. The van der Waals surface area contributed by atoms with Gasteiger partial charge in [-0.3, -0.25) is 14.1 Å². The Morgan fingerprint density at radius 1 is 1.07 bits per heavy atom. The Balaban J connectivity index is 1.50. The molecule has 4 aromatic rings. The van der Waals surface area contributed by atoms with Gasteiger partial charge in [-0.25, -0.2) is 4.98 Å². The topological polar surface area (TPSA) is 37.6 Å². The van der Waals surface area contributed by atoms with Gasteiger partial charge < -0.3 is 0 Å². The minimum Gasteiger partial charge on any atom is -0.290 e. The third kappa shape index (κ3) is 3.09. The van der Waals surface area contributed by atoms with E-state index in [0.29, 0.717) is 23.3 Å². The van der Waals surface area contributed by atoms with E-state index in [9.17, 15) is 4.79 Å². The zero-order chi connectivity index (χ0) is 19.1. The molecule has 0 N–H and O–H groups in total. The van der Waals surface area contributed by atoms with Gasteiger partial charge in [-0.1, -0.05) is 54.1 Å². The molecular weight excluding hydrogens is 370 g/mol. The first kappa shape index (κ1) is 17.4. The Bertz CT molecular complexity index is 1230.